The van der Waals surface area contributed by atoms with E-state index in [2.05, 4.69) is 15.0 Å². The van der Waals surface area contributed by atoms with E-state index in [4.69, 9.17) is 23.2 Å². The van der Waals surface area contributed by atoms with E-state index in [-0.39, 0.29) is 28.1 Å². The number of H-pyrrole nitrogens is 1. The molecule has 5 nitrogen and oxygen atoms in total. The number of nitrogens with one attached hydrogen (secondary N) is 1. The maximum atomic E-state index is 13.9. The number of hydrogen-bond donors (Lipinski definition) is 1. The third-order valence-electron chi connectivity index (χ3n) is 5.86. The number of fused-ring (bicyclic) bond motifs is 1. The number of hydrogen-bond acceptors (Lipinski definition) is 4. The number of imidazole rings is 1. The Kier molecular flexibility index (Phi) is 6.16. The van der Waals surface area contributed by atoms with Gasteiger partial charge in [-0.25, -0.2) is 23.1 Å². The second kappa shape index (κ2) is 9.04. The van der Waals surface area contributed by atoms with Gasteiger partial charge in [0.25, 0.3) is 0 Å². The Labute approximate surface area is 210 Å². The average Bonchev–Trinajstić information content (AvgIpc) is 3.25. The fourth-order valence-corrected chi connectivity index (χ4v) is 4.62. The molecule has 2 aromatic heterocycles. The van der Waals surface area contributed by atoms with Gasteiger partial charge in [0, 0.05) is 37.9 Å². The summed E-state index contributed by atoms with van der Waals surface area (Å²) in [6, 6.07) is 4.48. The van der Waals surface area contributed by atoms with E-state index >= 15 is 0 Å². The lowest BCUT2D eigenvalue weighted by atomic mass is 10.0. The minimum atomic E-state index is -4.73. The summed E-state index contributed by atoms with van der Waals surface area (Å²) < 4.78 is 82.0. The summed E-state index contributed by atoms with van der Waals surface area (Å²) in [5, 5.41) is 0.794. The van der Waals surface area contributed by atoms with Crippen LogP contribution in [0.15, 0.2) is 36.5 Å². The first-order valence-corrected chi connectivity index (χ1v) is 11.3. The first-order valence-electron chi connectivity index (χ1n) is 10.6. The van der Waals surface area contributed by atoms with E-state index in [1.807, 2.05) is 9.80 Å². The number of aromatic nitrogens is 3. The maximum Gasteiger partial charge on any atom is 0.416 e. The van der Waals surface area contributed by atoms with E-state index in [0.29, 0.717) is 54.2 Å². The van der Waals surface area contributed by atoms with E-state index in [1.54, 1.807) is 6.07 Å². The highest BCUT2D eigenvalue weighted by molar-refractivity contribution is 6.36. The molecule has 4 aromatic rings. The number of rotatable bonds is 3. The largest absolute Gasteiger partial charge is 0.416 e. The topological polar surface area (TPSA) is 48.1 Å². The van der Waals surface area contributed by atoms with Crippen molar-refractivity contribution in [1.29, 1.82) is 0 Å². The van der Waals surface area contributed by atoms with Crippen LogP contribution in [-0.2, 0) is 6.18 Å². The third kappa shape index (κ3) is 4.53. The lowest BCUT2D eigenvalue weighted by molar-refractivity contribution is -0.137. The quantitative estimate of drug-likeness (QED) is 0.230. The Balaban J connectivity index is 1.50. The van der Waals surface area contributed by atoms with Crippen LogP contribution in [0.4, 0.5) is 38.1 Å². The van der Waals surface area contributed by atoms with Gasteiger partial charge in [-0.2, -0.15) is 13.2 Å². The van der Waals surface area contributed by atoms with Crippen molar-refractivity contribution >= 4 is 46.0 Å². The summed E-state index contributed by atoms with van der Waals surface area (Å²) in [6.07, 6.45) is -3.25. The zero-order valence-corrected chi connectivity index (χ0v) is 19.6. The van der Waals surface area contributed by atoms with Gasteiger partial charge in [-0.05, 0) is 35.9 Å². The number of pyridine rings is 1. The fraction of sp³-hybridized carbons (Fsp3) is 0.217. The number of nitrogens with zero attached hydrogens (tertiary/aromatic N) is 4. The second-order valence-corrected chi connectivity index (χ2v) is 9.01. The van der Waals surface area contributed by atoms with Gasteiger partial charge in [0.2, 0.25) is 5.95 Å². The highest BCUT2D eigenvalue weighted by Crippen LogP contribution is 2.38. The van der Waals surface area contributed by atoms with E-state index in [9.17, 15) is 26.3 Å². The highest BCUT2D eigenvalue weighted by Gasteiger charge is 2.33. The van der Waals surface area contributed by atoms with E-state index in [1.165, 1.54) is 6.20 Å². The molecule has 1 N–H and O–H groups in total. The van der Waals surface area contributed by atoms with Gasteiger partial charge in [0.15, 0.2) is 17.5 Å². The maximum absolute atomic E-state index is 13.9. The average molecular weight is 546 g/mol. The molecule has 188 valence electrons. The summed E-state index contributed by atoms with van der Waals surface area (Å²) >= 11 is 12.1. The molecule has 0 radical (unpaired) electrons. The minimum absolute atomic E-state index is 0.0183. The van der Waals surface area contributed by atoms with Crippen LogP contribution in [0.1, 0.15) is 5.56 Å². The van der Waals surface area contributed by atoms with Gasteiger partial charge < -0.3 is 14.8 Å². The van der Waals surface area contributed by atoms with Crippen molar-refractivity contribution in [2.24, 2.45) is 0 Å². The third-order valence-corrected chi connectivity index (χ3v) is 6.35. The molecule has 0 aliphatic carbocycles. The summed E-state index contributed by atoms with van der Waals surface area (Å²) in [4.78, 5) is 15.3. The molecule has 0 saturated carbocycles. The molecule has 1 aliphatic heterocycles. The zero-order valence-electron chi connectivity index (χ0n) is 18.1. The predicted octanol–water partition coefficient (Wildman–Crippen LogP) is 6.69. The Morgan fingerprint density at radius 2 is 1.50 bits per heavy atom. The first kappa shape index (κ1) is 24.5. The molecule has 1 fully saturated rings. The van der Waals surface area contributed by atoms with Crippen molar-refractivity contribution in [1.82, 2.24) is 15.0 Å². The number of alkyl halides is 3. The standard InChI is InChI=1S/C23H15Cl2F6N5/c24-13-9-15(25)21(32-10-13)35-1-3-36(4-2-35)22-33-18-8-12(23(29,30)31)7-14(20(18)34-22)11-5-16(26)19(28)17(27)6-11/h5-10H,1-4H2,(H,33,34). The lowest BCUT2D eigenvalue weighted by Crippen LogP contribution is -2.47. The van der Waals surface area contributed by atoms with Crippen molar-refractivity contribution in [2.75, 3.05) is 36.0 Å². The van der Waals surface area contributed by atoms with Crippen molar-refractivity contribution < 1.29 is 26.3 Å². The number of benzene rings is 2. The van der Waals surface area contributed by atoms with Crippen LogP contribution in [0.5, 0.6) is 0 Å². The lowest BCUT2D eigenvalue weighted by Gasteiger charge is -2.35. The van der Waals surface area contributed by atoms with Gasteiger partial charge in [-0.15, -0.1) is 0 Å². The number of aromatic amines is 1. The molecule has 0 spiro atoms. The molecule has 0 amide bonds. The van der Waals surface area contributed by atoms with Crippen molar-refractivity contribution in [2.45, 2.75) is 6.18 Å². The van der Waals surface area contributed by atoms with Crippen LogP contribution >= 0.6 is 23.2 Å². The molecule has 3 heterocycles. The number of anilines is 2. The molecule has 0 unspecified atom stereocenters. The van der Waals surface area contributed by atoms with Gasteiger partial charge in [-0.1, -0.05) is 23.2 Å². The van der Waals surface area contributed by atoms with E-state index < -0.39 is 29.2 Å². The molecule has 5 rings (SSSR count). The molecular formula is C23H15Cl2F6N5. The molecule has 0 atom stereocenters. The van der Waals surface area contributed by atoms with Crippen molar-refractivity contribution in [3.8, 4) is 11.1 Å². The van der Waals surface area contributed by atoms with Gasteiger partial charge >= 0.3 is 6.18 Å². The highest BCUT2D eigenvalue weighted by atomic mass is 35.5. The van der Waals surface area contributed by atoms with E-state index in [0.717, 1.165) is 12.1 Å². The van der Waals surface area contributed by atoms with Crippen LogP contribution in [0.25, 0.3) is 22.2 Å². The van der Waals surface area contributed by atoms with Crippen LogP contribution in [-0.4, -0.2) is 41.1 Å². The van der Waals surface area contributed by atoms with Crippen LogP contribution < -0.4 is 9.80 Å². The normalized spacial score (nSPS) is 14.7. The predicted molar refractivity (Wildman–Crippen MR) is 125 cm³/mol. The number of piperazine rings is 1. The summed E-state index contributed by atoms with van der Waals surface area (Å²) in [7, 11) is 0. The molecule has 0 bridgehead atoms. The minimum Gasteiger partial charge on any atom is -0.352 e. The van der Waals surface area contributed by atoms with Gasteiger partial charge in [-0.3, -0.25) is 0 Å². The fourth-order valence-electron chi connectivity index (χ4n) is 4.12. The van der Waals surface area contributed by atoms with Crippen LogP contribution in [0, 0.1) is 17.5 Å². The van der Waals surface area contributed by atoms with Crippen LogP contribution in [0.3, 0.4) is 0 Å². The molecule has 2 aromatic carbocycles. The Morgan fingerprint density at radius 1 is 0.861 bits per heavy atom. The summed E-state index contributed by atoms with van der Waals surface area (Å²) in [6.45, 7) is 1.84. The van der Waals surface area contributed by atoms with Crippen molar-refractivity contribution in [3.05, 3.63) is 69.6 Å². The molecule has 13 heteroatoms. The summed E-state index contributed by atoms with van der Waals surface area (Å²) in [5.41, 5.74) is -1.42. The zero-order chi connectivity index (χ0) is 25.8. The molecular weight excluding hydrogens is 531 g/mol. The van der Waals surface area contributed by atoms with Gasteiger partial charge in [0.1, 0.15) is 5.82 Å². The SMILES string of the molecule is Fc1cc(-c2cc(C(F)(F)F)cc3[nH]c(N4CCN(c5ncc(Cl)cc5Cl)CC4)nc23)cc(F)c1F. The molecule has 36 heavy (non-hydrogen) atoms. The van der Waals surface area contributed by atoms with Gasteiger partial charge in [0.05, 0.1) is 26.6 Å². The Bertz CT molecular complexity index is 1440. The van der Waals surface area contributed by atoms with Crippen molar-refractivity contribution in [3.63, 3.8) is 0 Å². The molecule has 1 aliphatic rings. The first-order chi connectivity index (χ1) is 17.0. The number of halogens is 8. The Morgan fingerprint density at radius 3 is 2.11 bits per heavy atom. The molecule has 1 saturated heterocycles. The van der Waals surface area contributed by atoms with Crippen LogP contribution in [0.2, 0.25) is 10.0 Å². The monoisotopic (exact) mass is 545 g/mol. The Hall–Kier alpha value is -3.18. The second-order valence-electron chi connectivity index (χ2n) is 8.17. The smallest absolute Gasteiger partial charge is 0.352 e. The summed E-state index contributed by atoms with van der Waals surface area (Å²) in [5.74, 6) is -3.90.